The van der Waals surface area contributed by atoms with E-state index in [2.05, 4.69) is 29.2 Å². The van der Waals surface area contributed by atoms with Gasteiger partial charge < -0.3 is 4.79 Å². The third-order valence-electron chi connectivity index (χ3n) is 3.12. The first kappa shape index (κ1) is 10.4. The molecule has 2 rings (SSSR count). The number of aldehydes is 1. The summed E-state index contributed by atoms with van der Waals surface area (Å²) in [6.07, 6.45) is 2.10. The Morgan fingerprint density at radius 3 is 2.73 bits per heavy atom. The SMILES string of the molecule is CC1(C=O)CCN(Cc2ccccc2)C1. The highest BCUT2D eigenvalue weighted by atomic mass is 16.1. The highest BCUT2D eigenvalue weighted by Crippen LogP contribution is 2.28. The van der Waals surface area contributed by atoms with E-state index in [0.717, 1.165) is 32.3 Å². The summed E-state index contributed by atoms with van der Waals surface area (Å²) in [5, 5.41) is 0. The lowest BCUT2D eigenvalue weighted by molar-refractivity contribution is -0.114. The second-order valence-corrected chi connectivity index (χ2v) is 4.72. The van der Waals surface area contributed by atoms with Crippen LogP contribution in [0.2, 0.25) is 0 Å². The number of likely N-dealkylation sites (tertiary alicyclic amines) is 1. The third kappa shape index (κ3) is 2.45. The average Bonchev–Trinajstić information content (AvgIpc) is 2.63. The maximum atomic E-state index is 10.9. The molecule has 0 radical (unpaired) electrons. The second-order valence-electron chi connectivity index (χ2n) is 4.72. The normalized spacial score (nSPS) is 26.7. The monoisotopic (exact) mass is 203 g/mol. The molecule has 1 unspecified atom stereocenters. The van der Waals surface area contributed by atoms with Crippen LogP contribution in [0.3, 0.4) is 0 Å². The van der Waals surface area contributed by atoms with Gasteiger partial charge in [-0.25, -0.2) is 0 Å². The van der Waals surface area contributed by atoms with Crippen LogP contribution in [0, 0.1) is 5.41 Å². The smallest absolute Gasteiger partial charge is 0.127 e. The maximum Gasteiger partial charge on any atom is 0.127 e. The minimum absolute atomic E-state index is 0.116. The predicted octanol–water partition coefficient (Wildman–Crippen LogP) is 2.10. The Hall–Kier alpha value is -1.15. The molecular weight excluding hydrogens is 186 g/mol. The van der Waals surface area contributed by atoms with Gasteiger partial charge in [-0.05, 0) is 18.5 Å². The molecule has 80 valence electrons. The Bertz CT molecular complexity index is 336. The van der Waals surface area contributed by atoms with Gasteiger partial charge in [0.05, 0.1) is 0 Å². The molecule has 1 aliphatic rings. The van der Waals surface area contributed by atoms with Crippen molar-refractivity contribution in [3.63, 3.8) is 0 Å². The molecule has 1 aliphatic heterocycles. The molecule has 1 atom stereocenters. The van der Waals surface area contributed by atoms with Crippen LogP contribution in [0.4, 0.5) is 0 Å². The largest absolute Gasteiger partial charge is 0.303 e. The molecule has 0 bridgehead atoms. The summed E-state index contributed by atoms with van der Waals surface area (Å²) in [7, 11) is 0. The van der Waals surface area contributed by atoms with Crippen molar-refractivity contribution in [1.29, 1.82) is 0 Å². The van der Waals surface area contributed by atoms with Crippen LogP contribution in [0.25, 0.3) is 0 Å². The summed E-state index contributed by atoms with van der Waals surface area (Å²) >= 11 is 0. The Labute approximate surface area is 90.9 Å². The molecular formula is C13H17NO. The zero-order valence-corrected chi connectivity index (χ0v) is 9.15. The minimum atomic E-state index is -0.116. The van der Waals surface area contributed by atoms with Gasteiger partial charge >= 0.3 is 0 Å². The molecule has 0 aliphatic carbocycles. The van der Waals surface area contributed by atoms with Crippen molar-refractivity contribution in [2.24, 2.45) is 5.41 Å². The highest BCUT2D eigenvalue weighted by Gasteiger charge is 2.32. The first-order chi connectivity index (χ1) is 7.22. The molecule has 1 aromatic rings. The van der Waals surface area contributed by atoms with Crippen LogP contribution in [-0.2, 0) is 11.3 Å². The van der Waals surface area contributed by atoms with Crippen molar-refractivity contribution in [3.8, 4) is 0 Å². The number of hydrogen-bond donors (Lipinski definition) is 0. The van der Waals surface area contributed by atoms with E-state index in [1.807, 2.05) is 13.0 Å². The zero-order chi connectivity index (χ0) is 10.7. The Morgan fingerprint density at radius 2 is 2.13 bits per heavy atom. The topological polar surface area (TPSA) is 20.3 Å². The van der Waals surface area contributed by atoms with E-state index in [1.165, 1.54) is 5.56 Å². The molecule has 1 aromatic carbocycles. The third-order valence-corrected chi connectivity index (χ3v) is 3.12. The number of benzene rings is 1. The van der Waals surface area contributed by atoms with Crippen LogP contribution in [-0.4, -0.2) is 24.3 Å². The minimum Gasteiger partial charge on any atom is -0.303 e. The van der Waals surface area contributed by atoms with Crippen molar-refractivity contribution in [3.05, 3.63) is 35.9 Å². The van der Waals surface area contributed by atoms with E-state index in [9.17, 15) is 4.79 Å². The Balaban J connectivity index is 1.96. The highest BCUT2D eigenvalue weighted by molar-refractivity contribution is 5.59. The van der Waals surface area contributed by atoms with Gasteiger partial charge in [-0.2, -0.15) is 0 Å². The molecule has 15 heavy (non-hydrogen) atoms. The lowest BCUT2D eigenvalue weighted by Crippen LogP contribution is -2.25. The van der Waals surface area contributed by atoms with E-state index in [-0.39, 0.29) is 5.41 Å². The molecule has 1 heterocycles. The molecule has 0 saturated carbocycles. The van der Waals surface area contributed by atoms with Gasteiger partial charge in [-0.3, -0.25) is 4.90 Å². The number of rotatable bonds is 3. The molecule has 0 spiro atoms. The molecule has 1 saturated heterocycles. The summed E-state index contributed by atoms with van der Waals surface area (Å²) in [5.74, 6) is 0. The summed E-state index contributed by atoms with van der Waals surface area (Å²) < 4.78 is 0. The van der Waals surface area contributed by atoms with Gasteiger partial charge in [0.2, 0.25) is 0 Å². The Morgan fingerprint density at radius 1 is 1.40 bits per heavy atom. The average molecular weight is 203 g/mol. The second kappa shape index (κ2) is 4.15. The van der Waals surface area contributed by atoms with Crippen LogP contribution >= 0.6 is 0 Å². The number of carbonyl (C=O) groups excluding carboxylic acids is 1. The molecule has 0 N–H and O–H groups in total. The first-order valence-corrected chi connectivity index (χ1v) is 5.44. The number of nitrogens with zero attached hydrogens (tertiary/aromatic N) is 1. The summed E-state index contributed by atoms with van der Waals surface area (Å²) in [4.78, 5) is 13.3. The van der Waals surface area contributed by atoms with Gasteiger partial charge in [0.15, 0.2) is 0 Å². The molecule has 0 amide bonds. The number of hydrogen-bond acceptors (Lipinski definition) is 2. The molecule has 2 nitrogen and oxygen atoms in total. The van der Waals surface area contributed by atoms with Crippen molar-refractivity contribution < 1.29 is 4.79 Å². The van der Waals surface area contributed by atoms with Gasteiger partial charge in [0.1, 0.15) is 6.29 Å². The van der Waals surface area contributed by atoms with Gasteiger partial charge in [0, 0.05) is 18.5 Å². The lowest BCUT2D eigenvalue weighted by Gasteiger charge is -2.18. The van der Waals surface area contributed by atoms with E-state index in [4.69, 9.17) is 0 Å². The molecule has 1 fully saturated rings. The maximum absolute atomic E-state index is 10.9. The first-order valence-electron chi connectivity index (χ1n) is 5.44. The fourth-order valence-corrected chi connectivity index (χ4v) is 2.16. The fraction of sp³-hybridized carbons (Fsp3) is 0.462. The standard InChI is InChI=1S/C13H17NO/c1-13(11-15)7-8-14(10-13)9-12-5-3-2-4-6-12/h2-6,11H,7-10H2,1H3. The van der Waals surface area contributed by atoms with Crippen LogP contribution in [0.15, 0.2) is 30.3 Å². The van der Waals surface area contributed by atoms with Crippen LogP contribution in [0.5, 0.6) is 0 Å². The van der Waals surface area contributed by atoms with Crippen molar-refractivity contribution >= 4 is 6.29 Å². The molecule has 0 aromatic heterocycles. The fourth-order valence-electron chi connectivity index (χ4n) is 2.16. The van der Waals surface area contributed by atoms with Crippen molar-refractivity contribution in [1.82, 2.24) is 4.90 Å². The van der Waals surface area contributed by atoms with Crippen molar-refractivity contribution in [2.75, 3.05) is 13.1 Å². The van der Waals surface area contributed by atoms with E-state index in [1.54, 1.807) is 0 Å². The zero-order valence-electron chi connectivity index (χ0n) is 9.15. The van der Waals surface area contributed by atoms with Gasteiger partial charge in [-0.15, -0.1) is 0 Å². The van der Waals surface area contributed by atoms with Gasteiger partial charge in [-0.1, -0.05) is 37.3 Å². The Kier molecular flexibility index (Phi) is 2.87. The number of carbonyl (C=O) groups is 1. The predicted molar refractivity (Wildman–Crippen MR) is 60.5 cm³/mol. The van der Waals surface area contributed by atoms with Crippen LogP contribution in [0.1, 0.15) is 18.9 Å². The summed E-state index contributed by atoms with van der Waals surface area (Å²) in [5.41, 5.74) is 1.21. The summed E-state index contributed by atoms with van der Waals surface area (Å²) in [6, 6.07) is 10.4. The van der Waals surface area contributed by atoms with E-state index in [0.29, 0.717) is 0 Å². The van der Waals surface area contributed by atoms with Gasteiger partial charge in [0.25, 0.3) is 0 Å². The molecule has 2 heteroatoms. The quantitative estimate of drug-likeness (QED) is 0.701. The van der Waals surface area contributed by atoms with Crippen molar-refractivity contribution in [2.45, 2.75) is 19.9 Å². The van der Waals surface area contributed by atoms with Crippen LogP contribution < -0.4 is 0 Å². The van der Waals surface area contributed by atoms with E-state index >= 15 is 0 Å². The van der Waals surface area contributed by atoms with E-state index < -0.39 is 0 Å². The lowest BCUT2D eigenvalue weighted by atomic mass is 9.92. The summed E-state index contributed by atoms with van der Waals surface area (Å²) in [6.45, 7) is 4.94.